The molecule has 4 aromatic rings. The van der Waals surface area contributed by atoms with Crippen LogP contribution in [0, 0.1) is 0 Å². The summed E-state index contributed by atoms with van der Waals surface area (Å²) in [6.45, 7) is 2.51. The molecule has 0 aliphatic carbocycles. The van der Waals surface area contributed by atoms with Crippen molar-refractivity contribution in [2.24, 2.45) is 0 Å². The molecule has 1 aliphatic heterocycles. The third-order valence-corrected chi connectivity index (χ3v) is 5.87. The molecule has 0 bridgehead atoms. The molecule has 0 spiro atoms. The molecule has 0 radical (unpaired) electrons. The van der Waals surface area contributed by atoms with Crippen LogP contribution >= 0.6 is 11.6 Å². The second-order valence-corrected chi connectivity index (χ2v) is 8.01. The van der Waals surface area contributed by atoms with Gasteiger partial charge in [0.05, 0.1) is 43.5 Å². The molecule has 1 unspecified atom stereocenters. The van der Waals surface area contributed by atoms with Gasteiger partial charge in [-0.1, -0.05) is 17.7 Å². The second kappa shape index (κ2) is 8.33. The molecule has 1 atom stereocenters. The van der Waals surface area contributed by atoms with Crippen molar-refractivity contribution in [3.63, 3.8) is 0 Å². The Morgan fingerprint density at radius 3 is 2.67 bits per heavy atom. The number of ether oxygens (including phenoxy) is 2. The first-order valence-electron chi connectivity index (χ1n) is 10.4. The number of fused-ring (bicyclic) bond motifs is 2. The first-order chi connectivity index (χ1) is 16.0. The Labute approximate surface area is 194 Å². The number of carbonyl (C=O) groups excluding carboxylic acids is 1. The van der Waals surface area contributed by atoms with Crippen molar-refractivity contribution in [3.8, 4) is 11.5 Å². The van der Waals surface area contributed by atoms with Crippen LogP contribution in [0.1, 0.15) is 40.4 Å². The average Bonchev–Trinajstić information content (AvgIpc) is 3.42. The summed E-state index contributed by atoms with van der Waals surface area (Å²) in [5.41, 5.74) is 0.941. The summed E-state index contributed by atoms with van der Waals surface area (Å²) in [5, 5.41) is 0.725. The van der Waals surface area contributed by atoms with Crippen molar-refractivity contribution in [1.82, 2.24) is 4.90 Å². The minimum absolute atomic E-state index is 0.0132. The fraction of sp³-hybridized carbons (Fsp3) is 0.200. The van der Waals surface area contributed by atoms with E-state index in [1.807, 2.05) is 13.0 Å². The van der Waals surface area contributed by atoms with Gasteiger partial charge in [-0.3, -0.25) is 9.59 Å². The minimum Gasteiger partial charge on any atom is -0.493 e. The fourth-order valence-electron chi connectivity index (χ4n) is 4.20. The number of carbonyl (C=O) groups is 1. The summed E-state index contributed by atoms with van der Waals surface area (Å²) < 4.78 is 22.5. The quantitative estimate of drug-likeness (QED) is 0.389. The van der Waals surface area contributed by atoms with Gasteiger partial charge < -0.3 is 23.2 Å². The number of benzene rings is 2. The summed E-state index contributed by atoms with van der Waals surface area (Å²) in [7, 11) is 1.54. The summed E-state index contributed by atoms with van der Waals surface area (Å²) in [5.74, 6) is 1.27. The molecule has 0 N–H and O–H groups in total. The summed E-state index contributed by atoms with van der Waals surface area (Å²) in [6.07, 6.45) is 1.54. The van der Waals surface area contributed by atoms with Crippen LogP contribution < -0.4 is 14.9 Å². The lowest BCUT2D eigenvalue weighted by Crippen LogP contribution is -2.29. The van der Waals surface area contributed by atoms with Crippen molar-refractivity contribution in [2.75, 3.05) is 13.7 Å². The molecule has 1 amide bonds. The molecule has 2 aromatic heterocycles. The molecule has 2 aromatic carbocycles. The number of nitrogens with zero attached hydrogens (tertiary/aromatic N) is 1. The third kappa shape index (κ3) is 3.54. The lowest BCUT2D eigenvalue weighted by atomic mass is 9.98. The van der Waals surface area contributed by atoms with E-state index < -0.39 is 11.9 Å². The minimum atomic E-state index is -0.707. The highest BCUT2D eigenvalue weighted by atomic mass is 35.5. The van der Waals surface area contributed by atoms with E-state index in [1.165, 1.54) is 6.26 Å². The summed E-state index contributed by atoms with van der Waals surface area (Å²) in [4.78, 5) is 28.6. The normalized spacial score (nSPS) is 15.2. The van der Waals surface area contributed by atoms with E-state index in [-0.39, 0.29) is 23.3 Å². The van der Waals surface area contributed by atoms with Gasteiger partial charge >= 0.3 is 0 Å². The van der Waals surface area contributed by atoms with Crippen LogP contribution in [0.25, 0.3) is 11.0 Å². The molecular formula is C25H20ClNO6. The van der Waals surface area contributed by atoms with Gasteiger partial charge in [0.15, 0.2) is 16.9 Å². The Hall–Kier alpha value is -3.71. The largest absolute Gasteiger partial charge is 0.493 e. The van der Waals surface area contributed by atoms with E-state index in [2.05, 4.69) is 0 Å². The number of methoxy groups -OCH3 is 1. The van der Waals surface area contributed by atoms with Gasteiger partial charge in [-0.15, -0.1) is 0 Å². The number of halogens is 1. The van der Waals surface area contributed by atoms with Crippen LogP contribution in [0.5, 0.6) is 11.5 Å². The Kier molecular flexibility index (Phi) is 5.34. The SMILES string of the molecule is CCOc1ccc(C2c3c(oc4ccc(Cl)cc4c3=O)C(=O)N2Cc2ccco2)cc1OC. The van der Waals surface area contributed by atoms with Crippen LogP contribution in [-0.2, 0) is 6.54 Å². The Bertz CT molecular complexity index is 1410. The molecule has 3 heterocycles. The molecule has 168 valence electrons. The van der Waals surface area contributed by atoms with E-state index >= 15 is 0 Å². The zero-order valence-corrected chi connectivity index (χ0v) is 18.7. The van der Waals surface area contributed by atoms with Gasteiger partial charge in [0.1, 0.15) is 11.3 Å². The number of hydrogen-bond acceptors (Lipinski definition) is 6. The molecule has 8 heteroatoms. The molecule has 7 nitrogen and oxygen atoms in total. The second-order valence-electron chi connectivity index (χ2n) is 7.57. The van der Waals surface area contributed by atoms with Crippen LogP contribution in [0.15, 0.2) is 68.4 Å². The van der Waals surface area contributed by atoms with Gasteiger partial charge in [-0.2, -0.15) is 0 Å². The van der Waals surface area contributed by atoms with Gasteiger partial charge in [0.2, 0.25) is 5.76 Å². The Morgan fingerprint density at radius 1 is 1.09 bits per heavy atom. The predicted molar refractivity (Wildman–Crippen MR) is 122 cm³/mol. The number of furan rings is 1. The standard InChI is InChI=1S/C25H20ClNO6/c1-3-31-19-8-6-14(11-20(19)30-2)22-21-23(28)17-12-15(26)7-9-18(17)33-24(21)25(29)27(22)13-16-5-4-10-32-16/h4-12,22H,3,13H2,1-2H3. The van der Waals surface area contributed by atoms with E-state index in [0.717, 1.165) is 0 Å². The topological polar surface area (TPSA) is 82.1 Å². The van der Waals surface area contributed by atoms with Gasteiger partial charge in [0, 0.05) is 5.02 Å². The van der Waals surface area contributed by atoms with Crippen LogP contribution in [0.3, 0.4) is 0 Å². The third-order valence-electron chi connectivity index (χ3n) is 5.64. The van der Waals surface area contributed by atoms with Gasteiger partial charge in [0.25, 0.3) is 5.91 Å². The Balaban J connectivity index is 1.73. The average molecular weight is 466 g/mol. The van der Waals surface area contributed by atoms with E-state index in [0.29, 0.717) is 45.4 Å². The molecular weight excluding hydrogens is 446 g/mol. The Morgan fingerprint density at radius 2 is 1.94 bits per heavy atom. The lowest BCUT2D eigenvalue weighted by Gasteiger charge is -2.25. The number of amides is 1. The molecule has 0 saturated heterocycles. The lowest BCUT2D eigenvalue weighted by molar-refractivity contribution is 0.0701. The maximum atomic E-state index is 13.6. The number of hydrogen-bond donors (Lipinski definition) is 0. The van der Waals surface area contributed by atoms with E-state index in [1.54, 1.807) is 54.5 Å². The zero-order valence-electron chi connectivity index (χ0n) is 18.0. The molecule has 0 fully saturated rings. The van der Waals surface area contributed by atoms with Crippen LogP contribution in [0.4, 0.5) is 0 Å². The van der Waals surface area contributed by atoms with Crippen molar-refractivity contribution in [3.05, 3.63) is 92.7 Å². The first-order valence-corrected chi connectivity index (χ1v) is 10.8. The van der Waals surface area contributed by atoms with E-state index in [9.17, 15) is 9.59 Å². The van der Waals surface area contributed by atoms with Crippen molar-refractivity contribution < 1.29 is 23.1 Å². The first kappa shape index (κ1) is 21.2. The molecule has 1 aliphatic rings. The molecule has 5 rings (SSSR count). The highest BCUT2D eigenvalue weighted by molar-refractivity contribution is 6.31. The maximum Gasteiger partial charge on any atom is 0.291 e. The summed E-state index contributed by atoms with van der Waals surface area (Å²) >= 11 is 6.13. The van der Waals surface area contributed by atoms with Crippen molar-refractivity contribution in [2.45, 2.75) is 19.5 Å². The smallest absolute Gasteiger partial charge is 0.291 e. The number of rotatable bonds is 6. The van der Waals surface area contributed by atoms with Crippen LogP contribution in [0.2, 0.25) is 5.02 Å². The van der Waals surface area contributed by atoms with Crippen molar-refractivity contribution in [1.29, 1.82) is 0 Å². The van der Waals surface area contributed by atoms with E-state index in [4.69, 9.17) is 29.9 Å². The highest BCUT2D eigenvalue weighted by Crippen LogP contribution is 2.41. The molecule has 33 heavy (non-hydrogen) atoms. The maximum absolute atomic E-state index is 13.6. The van der Waals surface area contributed by atoms with Gasteiger partial charge in [-0.25, -0.2) is 0 Å². The monoisotopic (exact) mass is 465 g/mol. The predicted octanol–water partition coefficient (Wildman–Crippen LogP) is 5.19. The van der Waals surface area contributed by atoms with Gasteiger partial charge in [-0.05, 0) is 55.0 Å². The fourth-order valence-corrected chi connectivity index (χ4v) is 4.37. The summed E-state index contributed by atoms with van der Waals surface area (Å²) in [6, 6.07) is 12.9. The van der Waals surface area contributed by atoms with Crippen LogP contribution in [-0.4, -0.2) is 24.5 Å². The molecule has 0 saturated carbocycles. The zero-order chi connectivity index (χ0) is 23.1. The van der Waals surface area contributed by atoms with Crippen molar-refractivity contribution >= 4 is 28.5 Å². The highest BCUT2D eigenvalue weighted by Gasteiger charge is 2.43.